The van der Waals surface area contributed by atoms with E-state index in [0.29, 0.717) is 18.7 Å². The number of nitrogens with zero attached hydrogens (tertiary/aromatic N) is 6. The fraction of sp³-hybridized carbons (Fsp3) is 0.320. The van der Waals surface area contributed by atoms with Crippen LogP contribution in [0.15, 0.2) is 49.3 Å². The average Bonchev–Trinajstić information content (AvgIpc) is 3.36. The van der Waals surface area contributed by atoms with Crippen LogP contribution < -0.4 is 9.64 Å². The zero-order valence-electron chi connectivity index (χ0n) is 19.4. The monoisotopic (exact) mass is 444 g/mol. The van der Waals surface area contributed by atoms with Crippen molar-refractivity contribution in [3.63, 3.8) is 0 Å². The number of imidazole rings is 1. The normalized spacial score (nSPS) is 14.8. The number of aromatic nitrogens is 5. The number of hydrogen-bond acceptors (Lipinski definition) is 6. The molecule has 1 N–H and O–H groups in total. The van der Waals surface area contributed by atoms with Gasteiger partial charge >= 0.3 is 0 Å². The Labute approximate surface area is 192 Å². The van der Waals surface area contributed by atoms with Crippen molar-refractivity contribution < 1.29 is 9.84 Å². The summed E-state index contributed by atoms with van der Waals surface area (Å²) >= 11 is 0. The smallest absolute Gasteiger partial charge is 0.171 e. The number of aliphatic hydroxyl groups is 1. The van der Waals surface area contributed by atoms with Crippen LogP contribution in [0.1, 0.15) is 32.0 Å². The summed E-state index contributed by atoms with van der Waals surface area (Å²) in [5.41, 5.74) is 4.02. The number of anilines is 1. The first-order valence-corrected chi connectivity index (χ1v) is 11.0. The fourth-order valence-electron chi connectivity index (χ4n) is 4.46. The van der Waals surface area contributed by atoms with Gasteiger partial charge in [0.05, 0.1) is 28.8 Å². The van der Waals surface area contributed by atoms with E-state index in [4.69, 9.17) is 14.7 Å². The molecule has 5 rings (SSSR count). The van der Waals surface area contributed by atoms with E-state index in [1.807, 2.05) is 49.8 Å². The Kier molecular flexibility index (Phi) is 4.88. The minimum Gasteiger partial charge on any atom is -0.508 e. The lowest BCUT2D eigenvalue weighted by Crippen LogP contribution is -2.51. The molecule has 170 valence electrons. The highest BCUT2D eigenvalue weighted by Crippen LogP contribution is 2.39. The van der Waals surface area contributed by atoms with Gasteiger partial charge in [0.25, 0.3) is 0 Å². The van der Waals surface area contributed by atoms with Gasteiger partial charge < -0.3 is 19.3 Å². The van der Waals surface area contributed by atoms with Crippen LogP contribution in [0.3, 0.4) is 0 Å². The van der Waals surface area contributed by atoms with Crippen LogP contribution in [0, 0.1) is 0 Å². The van der Waals surface area contributed by atoms with Gasteiger partial charge in [0.15, 0.2) is 11.6 Å². The van der Waals surface area contributed by atoms with E-state index in [1.165, 1.54) is 0 Å². The number of fused-ring (bicyclic) bond motifs is 2. The van der Waals surface area contributed by atoms with E-state index in [2.05, 4.69) is 41.9 Å². The van der Waals surface area contributed by atoms with Crippen molar-refractivity contribution in [1.29, 1.82) is 0 Å². The maximum atomic E-state index is 9.86. The molecule has 33 heavy (non-hydrogen) atoms. The third-order valence-corrected chi connectivity index (χ3v) is 6.14. The van der Waals surface area contributed by atoms with E-state index in [-0.39, 0.29) is 11.3 Å². The molecule has 0 saturated carbocycles. The molecule has 8 nitrogen and oxygen atoms in total. The third-order valence-electron chi connectivity index (χ3n) is 6.14. The third kappa shape index (κ3) is 3.61. The molecule has 1 aliphatic heterocycles. The van der Waals surface area contributed by atoms with Crippen LogP contribution >= 0.6 is 0 Å². The first kappa shape index (κ1) is 21.1. The van der Waals surface area contributed by atoms with Crippen molar-refractivity contribution in [2.45, 2.75) is 32.9 Å². The van der Waals surface area contributed by atoms with Crippen LogP contribution in [-0.4, -0.2) is 48.1 Å². The Morgan fingerprint density at radius 3 is 2.76 bits per heavy atom. The lowest BCUT2D eigenvalue weighted by Gasteiger charge is -2.43. The van der Waals surface area contributed by atoms with Crippen LogP contribution in [0.25, 0.3) is 28.2 Å². The standard InChI is InChI=1S/C25H28N6O2/c1-6-31-24-22(33-15-25(31,3)4)12-18(13-26-24)23-27-20-11-17(16(2)32)7-8-21(20)30(23)14-19-9-10-29(5)28-19/h7-13,32H,2,6,14-15H2,1,3-5H3. The average molecular weight is 445 g/mol. The van der Waals surface area contributed by atoms with Gasteiger partial charge in [-0.15, -0.1) is 0 Å². The van der Waals surface area contributed by atoms with Gasteiger partial charge in [-0.2, -0.15) is 5.10 Å². The highest BCUT2D eigenvalue weighted by Gasteiger charge is 2.34. The number of benzene rings is 1. The lowest BCUT2D eigenvalue weighted by atomic mass is 10.0. The van der Waals surface area contributed by atoms with E-state index < -0.39 is 0 Å². The van der Waals surface area contributed by atoms with Gasteiger partial charge in [-0.3, -0.25) is 4.68 Å². The zero-order chi connectivity index (χ0) is 23.3. The molecular weight excluding hydrogens is 416 g/mol. The van der Waals surface area contributed by atoms with E-state index in [1.54, 1.807) is 4.68 Å². The van der Waals surface area contributed by atoms with E-state index in [9.17, 15) is 5.11 Å². The molecule has 8 heteroatoms. The largest absolute Gasteiger partial charge is 0.508 e. The number of hydrogen-bond donors (Lipinski definition) is 1. The second kappa shape index (κ2) is 7.65. The number of aliphatic hydroxyl groups excluding tert-OH is 1. The van der Waals surface area contributed by atoms with Crippen molar-refractivity contribution >= 4 is 22.6 Å². The van der Waals surface area contributed by atoms with Crippen LogP contribution in [0.5, 0.6) is 5.75 Å². The topological polar surface area (TPSA) is 81.2 Å². The van der Waals surface area contributed by atoms with Gasteiger partial charge in [-0.05, 0) is 51.1 Å². The molecule has 1 aromatic carbocycles. The summed E-state index contributed by atoms with van der Waals surface area (Å²) in [7, 11) is 1.90. The fourth-order valence-corrected chi connectivity index (χ4v) is 4.46. The van der Waals surface area contributed by atoms with Crippen molar-refractivity contribution in [3.8, 4) is 17.1 Å². The second-order valence-corrected chi connectivity index (χ2v) is 9.04. The summed E-state index contributed by atoms with van der Waals surface area (Å²) in [6, 6.07) is 9.66. The van der Waals surface area contributed by atoms with Gasteiger partial charge in [0.1, 0.15) is 18.2 Å². The Hall–Kier alpha value is -3.81. The number of pyridine rings is 1. The van der Waals surface area contributed by atoms with Crippen LogP contribution in [0.2, 0.25) is 0 Å². The minimum atomic E-state index is -0.120. The summed E-state index contributed by atoms with van der Waals surface area (Å²) in [4.78, 5) is 12.0. The molecule has 0 saturated heterocycles. The Bertz CT molecular complexity index is 1370. The maximum Gasteiger partial charge on any atom is 0.171 e. The molecular formula is C25H28N6O2. The van der Waals surface area contributed by atoms with Crippen molar-refractivity contribution in [2.75, 3.05) is 18.1 Å². The predicted molar refractivity (Wildman–Crippen MR) is 130 cm³/mol. The molecule has 0 spiro atoms. The van der Waals surface area contributed by atoms with Gasteiger partial charge in [-0.25, -0.2) is 9.97 Å². The molecule has 0 radical (unpaired) electrons. The highest BCUT2D eigenvalue weighted by molar-refractivity contribution is 5.84. The Morgan fingerprint density at radius 1 is 1.24 bits per heavy atom. The molecule has 0 atom stereocenters. The van der Waals surface area contributed by atoms with E-state index >= 15 is 0 Å². The summed E-state index contributed by atoms with van der Waals surface area (Å²) in [5.74, 6) is 2.39. The Balaban J connectivity index is 1.65. The number of likely N-dealkylation sites (N-methyl/N-ethyl adjacent to an activating group) is 1. The summed E-state index contributed by atoms with van der Waals surface area (Å²) < 4.78 is 10.0. The number of rotatable bonds is 5. The van der Waals surface area contributed by atoms with Crippen LogP contribution in [0.4, 0.5) is 5.82 Å². The van der Waals surface area contributed by atoms with Crippen molar-refractivity contribution in [1.82, 2.24) is 24.3 Å². The lowest BCUT2D eigenvalue weighted by molar-refractivity contribution is 0.211. The second-order valence-electron chi connectivity index (χ2n) is 9.04. The molecule has 0 unspecified atom stereocenters. The first-order valence-electron chi connectivity index (χ1n) is 11.0. The molecule has 0 aliphatic carbocycles. The zero-order valence-corrected chi connectivity index (χ0v) is 19.4. The van der Waals surface area contributed by atoms with Gasteiger partial charge in [-0.1, -0.05) is 6.58 Å². The predicted octanol–water partition coefficient (Wildman–Crippen LogP) is 4.41. The van der Waals surface area contributed by atoms with Crippen molar-refractivity contribution in [2.24, 2.45) is 7.05 Å². The first-order chi connectivity index (χ1) is 15.8. The number of aryl methyl sites for hydroxylation is 1. The molecule has 0 bridgehead atoms. The number of ether oxygens (including phenoxy) is 1. The highest BCUT2D eigenvalue weighted by atomic mass is 16.5. The van der Waals surface area contributed by atoms with Gasteiger partial charge in [0.2, 0.25) is 0 Å². The van der Waals surface area contributed by atoms with E-state index in [0.717, 1.165) is 46.2 Å². The molecule has 3 aromatic heterocycles. The molecule has 0 amide bonds. The van der Waals surface area contributed by atoms with Gasteiger partial charge in [0, 0.05) is 37.1 Å². The Morgan fingerprint density at radius 2 is 2.06 bits per heavy atom. The minimum absolute atomic E-state index is 0.0174. The molecule has 1 aliphatic rings. The summed E-state index contributed by atoms with van der Waals surface area (Å²) in [5, 5.41) is 14.4. The molecule has 0 fully saturated rings. The molecule has 4 aromatic rings. The van der Waals surface area contributed by atoms with Crippen molar-refractivity contribution in [3.05, 3.63) is 60.6 Å². The van der Waals surface area contributed by atoms with Crippen LogP contribution in [-0.2, 0) is 13.6 Å². The molecule has 4 heterocycles. The quantitative estimate of drug-likeness (QED) is 0.460. The summed E-state index contributed by atoms with van der Waals surface area (Å²) in [6.45, 7) is 12.1. The maximum absolute atomic E-state index is 9.86. The summed E-state index contributed by atoms with van der Waals surface area (Å²) in [6.07, 6.45) is 3.78. The SMILES string of the molecule is C=C(O)c1ccc2c(c1)nc(-c1cnc3c(c1)OCC(C)(C)N3CC)n2Cc1ccn(C)n1.